The number of carbonyl (C=O) groups excluding carboxylic acids is 1. The zero-order valence-electron chi connectivity index (χ0n) is 33.9. The highest BCUT2D eigenvalue weighted by atomic mass is 35.5. The van der Waals surface area contributed by atoms with Gasteiger partial charge in [-0.05, 0) is 122 Å². The first-order chi connectivity index (χ1) is 28.1. The molecule has 3 aromatic carbocycles. The van der Waals surface area contributed by atoms with E-state index in [-0.39, 0.29) is 44.3 Å². The Bertz CT molecular complexity index is 2300. The average molecular weight is 862 g/mol. The van der Waals surface area contributed by atoms with Gasteiger partial charge in [-0.2, -0.15) is 0 Å². The highest BCUT2D eigenvalue weighted by molar-refractivity contribution is 7.90. The number of nitrogens with two attached hydrogens (primary N) is 1. The van der Waals surface area contributed by atoms with Crippen LogP contribution in [0.25, 0.3) is 5.57 Å². The van der Waals surface area contributed by atoms with Gasteiger partial charge >= 0.3 is 0 Å². The predicted octanol–water partition coefficient (Wildman–Crippen LogP) is 8.94. The van der Waals surface area contributed by atoms with Crippen molar-refractivity contribution in [1.29, 1.82) is 0 Å². The van der Waals surface area contributed by atoms with E-state index in [0.29, 0.717) is 5.92 Å². The Morgan fingerprint density at radius 1 is 0.983 bits per heavy atom. The molecule has 2 heterocycles. The van der Waals surface area contributed by atoms with E-state index in [2.05, 4.69) is 50.8 Å². The predicted molar refractivity (Wildman–Crippen MR) is 237 cm³/mol. The lowest BCUT2D eigenvalue weighted by molar-refractivity contribution is 0.0979. The summed E-state index contributed by atoms with van der Waals surface area (Å²) in [6.45, 7) is 11.3. The molecule has 1 saturated heterocycles. The number of nitrogens with zero attached hydrogens (tertiary/aromatic N) is 3. The molecule has 1 amide bonds. The lowest BCUT2D eigenvalue weighted by Gasteiger charge is -2.39. The van der Waals surface area contributed by atoms with Gasteiger partial charge in [-0.15, -0.1) is 0 Å². The summed E-state index contributed by atoms with van der Waals surface area (Å²) in [6, 6.07) is 19.6. The summed E-state index contributed by atoms with van der Waals surface area (Å²) >= 11 is 12.5. The van der Waals surface area contributed by atoms with E-state index in [9.17, 15) is 18.3 Å². The standard InChI is InChI=1S/C45H54Cl2N6O5S/c1-29-22-37(13-15-41(29)49-26-30-4-11-35(54)12-5-30)59(56,57)51-44(55)38-14-10-34(23-42(38)58-36-24-40(47)43(48)50-27-36)53-20-18-52(19-21-53)28-32-16-17-45(2,3)25-39(32)31-6-8-33(46)9-7-31/h6-10,13-15,22-24,27,30,35,49,54H,4-5,11-12,16-21,25-26,28H2,1-3H3,(H2,48,50)(H,51,55). The fourth-order valence-electron chi connectivity index (χ4n) is 8.33. The Morgan fingerprint density at radius 3 is 2.41 bits per heavy atom. The van der Waals surface area contributed by atoms with Crippen LogP contribution in [0.15, 0.2) is 83.4 Å². The third kappa shape index (κ3) is 10.7. The SMILES string of the molecule is Cc1cc(S(=O)(=O)NC(=O)c2ccc(N3CCN(CC4=C(c5ccc(Cl)cc5)CC(C)(C)CC4)CC3)cc2Oc2cnc(N)c(Cl)c2)ccc1NCC1CCC(O)CC1. The van der Waals surface area contributed by atoms with Gasteiger partial charge in [0.25, 0.3) is 15.9 Å². The number of piperazine rings is 1. The van der Waals surface area contributed by atoms with Crippen molar-refractivity contribution >= 4 is 61.9 Å². The summed E-state index contributed by atoms with van der Waals surface area (Å²) < 4.78 is 35.7. The summed E-state index contributed by atoms with van der Waals surface area (Å²) in [4.78, 5) is 22.6. The minimum atomic E-state index is -4.26. The van der Waals surface area contributed by atoms with E-state index in [1.807, 2.05) is 25.1 Å². The molecule has 3 aliphatic rings. The summed E-state index contributed by atoms with van der Waals surface area (Å²) in [5, 5.41) is 14.2. The largest absolute Gasteiger partial charge is 0.455 e. The van der Waals surface area contributed by atoms with Gasteiger partial charge < -0.3 is 25.8 Å². The van der Waals surface area contributed by atoms with Crippen molar-refractivity contribution in [2.24, 2.45) is 11.3 Å². The Morgan fingerprint density at radius 2 is 1.71 bits per heavy atom. The first-order valence-electron chi connectivity index (χ1n) is 20.4. The number of pyridine rings is 1. The zero-order valence-corrected chi connectivity index (χ0v) is 36.3. The van der Waals surface area contributed by atoms with Crippen molar-refractivity contribution in [2.75, 3.05) is 55.2 Å². The number of halogens is 2. The quantitative estimate of drug-likeness (QED) is 0.109. The van der Waals surface area contributed by atoms with Gasteiger partial charge in [0, 0.05) is 67.8 Å². The van der Waals surface area contributed by atoms with E-state index >= 15 is 0 Å². The first kappa shape index (κ1) is 42.8. The molecule has 1 aliphatic heterocycles. The van der Waals surface area contributed by atoms with Gasteiger partial charge in [-0.1, -0.05) is 54.8 Å². The number of hydrogen-bond donors (Lipinski definition) is 4. The Hall–Kier alpha value is -4.33. The molecule has 314 valence electrons. The molecule has 5 N–H and O–H groups in total. The second-order valence-corrected chi connectivity index (χ2v) is 19.5. The molecule has 0 atom stereocenters. The van der Waals surface area contributed by atoms with Gasteiger partial charge in [-0.3, -0.25) is 9.69 Å². The number of rotatable bonds is 12. The number of benzene rings is 3. The van der Waals surface area contributed by atoms with E-state index in [1.54, 1.807) is 24.3 Å². The Balaban J connectivity index is 1.06. The third-order valence-corrected chi connectivity index (χ3v) is 13.8. The molecule has 2 aliphatic carbocycles. The number of anilines is 3. The number of nitrogen functional groups attached to an aromatic ring is 1. The number of aliphatic hydroxyl groups excluding tert-OH is 1. The van der Waals surface area contributed by atoms with Crippen LogP contribution in [0, 0.1) is 18.3 Å². The first-order valence-corrected chi connectivity index (χ1v) is 22.6. The lowest BCUT2D eigenvalue weighted by Crippen LogP contribution is -2.47. The van der Waals surface area contributed by atoms with Crippen molar-refractivity contribution in [3.8, 4) is 11.5 Å². The van der Waals surface area contributed by atoms with Crippen LogP contribution in [0.5, 0.6) is 11.5 Å². The summed E-state index contributed by atoms with van der Waals surface area (Å²) in [7, 11) is -4.26. The molecule has 7 rings (SSSR count). The molecule has 11 nitrogen and oxygen atoms in total. The molecular weight excluding hydrogens is 808 g/mol. The maximum Gasteiger partial charge on any atom is 0.268 e. The number of ether oxygens (including phenoxy) is 1. The van der Waals surface area contributed by atoms with Crippen molar-refractivity contribution in [3.63, 3.8) is 0 Å². The molecule has 14 heteroatoms. The highest BCUT2D eigenvalue weighted by Crippen LogP contribution is 2.43. The van der Waals surface area contributed by atoms with Crippen LogP contribution in [0.4, 0.5) is 17.2 Å². The number of allylic oxidation sites excluding steroid dienone is 1. The van der Waals surface area contributed by atoms with Gasteiger partial charge in [0.1, 0.15) is 17.3 Å². The molecule has 1 saturated carbocycles. The second-order valence-electron chi connectivity index (χ2n) is 17.0. The van der Waals surface area contributed by atoms with Crippen LogP contribution in [0.1, 0.15) is 80.3 Å². The fourth-order valence-corrected chi connectivity index (χ4v) is 9.67. The third-order valence-electron chi connectivity index (χ3n) is 11.9. The number of carbonyl (C=O) groups is 1. The number of hydrogen-bond acceptors (Lipinski definition) is 10. The second kappa shape index (κ2) is 18.1. The molecule has 0 unspecified atom stereocenters. The van der Waals surface area contributed by atoms with Crippen molar-refractivity contribution < 1.29 is 23.1 Å². The number of nitrogens with one attached hydrogen (secondary N) is 2. The summed E-state index contributed by atoms with van der Waals surface area (Å²) in [5.41, 5.74) is 12.6. The summed E-state index contributed by atoms with van der Waals surface area (Å²) in [5.74, 6) is 0.124. The van der Waals surface area contributed by atoms with Crippen molar-refractivity contribution in [3.05, 3.63) is 105 Å². The Kier molecular flexibility index (Phi) is 13.1. The van der Waals surface area contributed by atoms with Crippen LogP contribution in [0.3, 0.4) is 0 Å². The zero-order chi connectivity index (χ0) is 41.9. The number of aryl methyl sites for hydroxylation is 1. The van der Waals surface area contributed by atoms with Crippen molar-refractivity contribution in [2.45, 2.75) is 76.7 Å². The monoisotopic (exact) mass is 860 g/mol. The maximum absolute atomic E-state index is 13.8. The molecule has 4 aromatic rings. The van der Waals surface area contributed by atoms with Crippen LogP contribution in [-0.4, -0.2) is 74.7 Å². The lowest BCUT2D eigenvalue weighted by atomic mass is 9.72. The van der Waals surface area contributed by atoms with E-state index < -0.39 is 15.9 Å². The number of aliphatic hydroxyl groups is 1. The van der Waals surface area contributed by atoms with Gasteiger partial charge in [0.05, 0.1) is 27.8 Å². The minimum absolute atomic E-state index is 0.0263. The molecule has 0 radical (unpaired) electrons. The number of aromatic nitrogens is 1. The van der Waals surface area contributed by atoms with Gasteiger partial charge in [0.2, 0.25) is 0 Å². The normalized spacial score (nSPS) is 20.0. The molecule has 0 bridgehead atoms. The van der Waals surface area contributed by atoms with Gasteiger partial charge in [-0.25, -0.2) is 18.1 Å². The molecule has 2 fully saturated rings. The maximum atomic E-state index is 13.8. The molecular formula is C45H54Cl2N6O5S. The van der Waals surface area contributed by atoms with E-state index in [1.165, 1.54) is 35.0 Å². The smallest absolute Gasteiger partial charge is 0.268 e. The van der Waals surface area contributed by atoms with Crippen LogP contribution < -0.4 is 25.4 Å². The van der Waals surface area contributed by atoms with Crippen LogP contribution >= 0.6 is 23.2 Å². The average Bonchev–Trinajstić information content (AvgIpc) is 3.20. The van der Waals surface area contributed by atoms with Crippen molar-refractivity contribution in [1.82, 2.24) is 14.6 Å². The highest BCUT2D eigenvalue weighted by Gasteiger charge is 2.30. The molecule has 1 aromatic heterocycles. The van der Waals surface area contributed by atoms with E-state index in [4.69, 9.17) is 33.7 Å². The topological polar surface area (TPSA) is 150 Å². The molecule has 0 spiro atoms. The van der Waals surface area contributed by atoms with Crippen LogP contribution in [-0.2, 0) is 10.0 Å². The minimum Gasteiger partial charge on any atom is -0.455 e. The van der Waals surface area contributed by atoms with Gasteiger partial charge in [0.15, 0.2) is 0 Å². The van der Waals surface area contributed by atoms with E-state index in [0.717, 1.165) is 106 Å². The van der Waals surface area contributed by atoms with Crippen LogP contribution in [0.2, 0.25) is 10.0 Å². The Labute approximate surface area is 358 Å². The number of sulfonamides is 1. The molecule has 59 heavy (non-hydrogen) atoms. The summed E-state index contributed by atoms with van der Waals surface area (Å²) in [6.07, 6.45) is 7.90. The number of amides is 1. The fraction of sp³-hybridized carbons (Fsp3) is 0.422.